The Morgan fingerprint density at radius 1 is 1.40 bits per heavy atom. The molecule has 1 aliphatic heterocycles. The van der Waals surface area contributed by atoms with Gasteiger partial charge in [0.1, 0.15) is 5.82 Å². The SMILES string of the molecule is Cc1nn(C)c(N2CCCC(O)C2)c1CNC(C)(C)C. The maximum absolute atomic E-state index is 9.90. The zero-order chi connectivity index (χ0) is 14.9. The minimum atomic E-state index is -0.220. The molecular formula is C15H28N4O. The summed E-state index contributed by atoms with van der Waals surface area (Å²) in [6.07, 6.45) is 1.72. The van der Waals surface area contributed by atoms with Crippen molar-refractivity contribution < 1.29 is 5.11 Å². The van der Waals surface area contributed by atoms with Crippen LogP contribution in [0.2, 0.25) is 0 Å². The van der Waals surface area contributed by atoms with Crippen LogP contribution in [0, 0.1) is 6.92 Å². The highest BCUT2D eigenvalue weighted by atomic mass is 16.3. The van der Waals surface area contributed by atoms with Gasteiger partial charge in [0, 0.05) is 37.8 Å². The first-order chi connectivity index (χ1) is 9.28. The number of nitrogens with one attached hydrogen (secondary N) is 1. The second-order valence-corrected chi connectivity index (χ2v) is 6.86. The second kappa shape index (κ2) is 5.74. The lowest BCUT2D eigenvalue weighted by molar-refractivity contribution is 0.153. The van der Waals surface area contributed by atoms with Gasteiger partial charge in [-0.15, -0.1) is 0 Å². The van der Waals surface area contributed by atoms with E-state index in [9.17, 15) is 5.11 Å². The Balaban J connectivity index is 2.23. The standard InChI is InChI=1S/C15H28N4O/c1-11-13(9-16-15(2,3)4)14(18(5)17-11)19-8-6-7-12(20)10-19/h12,16,20H,6-10H2,1-5H3. The Bertz CT molecular complexity index is 461. The number of hydrogen-bond acceptors (Lipinski definition) is 4. The van der Waals surface area contributed by atoms with E-state index in [4.69, 9.17) is 0 Å². The highest BCUT2D eigenvalue weighted by Crippen LogP contribution is 2.26. The number of piperidine rings is 1. The summed E-state index contributed by atoms with van der Waals surface area (Å²) >= 11 is 0. The fourth-order valence-electron chi connectivity index (χ4n) is 2.79. The molecule has 1 saturated heterocycles. The molecule has 5 nitrogen and oxygen atoms in total. The average molecular weight is 280 g/mol. The Morgan fingerprint density at radius 2 is 2.10 bits per heavy atom. The predicted octanol–water partition coefficient (Wildman–Crippen LogP) is 1.58. The topological polar surface area (TPSA) is 53.3 Å². The predicted molar refractivity (Wildman–Crippen MR) is 82.0 cm³/mol. The molecule has 1 atom stereocenters. The maximum Gasteiger partial charge on any atom is 0.131 e. The molecule has 20 heavy (non-hydrogen) atoms. The third-order valence-corrected chi connectivity index (χ3v) is 3.80. The molecule has 0 amide bonds. The number of anilines is 1. The molecule has 1 aromatic heterocycles. The molecule has 0 bridgehead atoms. The van der Waals surface area contributed by atoms with Gasteiger partial charge in [0.05, 0.1) is 11.8 Å². The molecule has 1 unspecified atom stereocenters. The summed E-state index contributed by atoms with van der Waals surface area (Å²) in [5, 5.41) is 18.0. The molecule has 5 heteroatoms. The van der Waals surface area contributed by atoms with Crippen LogP contribution in [0.3, 0.4) is 0 Å². The van der Waals surface area contributed by atoms with Crippen LogP contribution in [0.4, 0.5) is 5.82 Å². The number of β-amino-alcohol motifs (C(OH)–C–C–N with tert-alkyl or cyclic N) is 1. The largest absolute Gasteiger partial charge is 0.391 e. The number of aliphatic hydroxyl groups excluding tert-OH is 1. The van der Waals surface area contributed by atoms with Crippen molar-refractivity contribution in [3.05, 3.63) is 11.3 Å². The molecule has 0 spiro atoms. The van der Waals surface area contributed by atoms with E-state index in [1.54, 1.807) is 0 Å². The summed E-state index contributed by atoms with van der Waals surface area (Å²) in [4.78, 5) is 2.27. The van der Waals surface area contributed by atoms with Gasteiger partial charge in [0.25, 0.3) is 0 Å². The van der Waals surface area contributed by atoms with Crippen LogP contribution in [0.25, 0.3) is 0 Å². The number of aromatic nitrogens is 2. The molecular weight excluding hydrogens is 252 g/mol. The van der Waals surface area contributed by atoms with E-state index >= 15 is 0 Å². The molecule has 1 aliphatic rings. The lowest BCUT2D eigenvalue weighted by Gasteiger charge is -2.33. The molecule has 1 fully saturated rings. The number of hydrogen-bond donors (Lipinski definition) is 2. The summed E-state index contributed by atoms with van der Waals surface area (Å²) in [6, 6.07) is 0. The molecule has 0 saturated carbocycles. The van der Waals surface area contributed by atoms with E-state index in [1.807, 2.05) is 11.7 Å². The smallest absolute Gasteiger partial charge is 0.131 e. The van der Waals surface area contributed by atoms with Crippen molar-refractivity contribution in [2.24, 2.45) is 7.05 Å². The molecule has 0 aromatic carbocycles. The summed E-state index contributed by atoms with van der Waals surface area (Å²) < 4.78 is 1.95. The summed E-state index contributed by atoms with van der Waals surface area (Å²) in [5.41, 5.74) is 2.40. The van der Waals surface area contributed by atoms with Crippen LogP contribution in [0.1, 0.15) is 44.9 Å². The first-order valence-electron chi connectivity index (χ1n) is 7.48. The van der Waals surface area contributed by atoms with Gasteiger partial charge in [0.2, 0.25) is 0 Å². The van der Waals surface area contributed by atoms with Crippen molar-refractivity contribution in [3.63, 3.8) is 0 Å². The highest BCUT2D eigenvalue weighted by molar-refractivity contribution is 5.50. The fraction of sp³-hybridized carbons (Fsp3) is 0.800. The van der Waals surface area contributed by atoms with Gasteiger partial charge in [-0.1, -0.05) is 0 Å². The lowest BCUT2D eigenvalue weighted by Crippen LogP contribution is -2.40. The van der Waals surface area contributed by atoms with Crippen molar-refractivity contribution in [1.29, 1.82) is 0 Å². The monoisotopic (exact) mass is 280 g/mol. The molecule has 0 aliphatic carbocycles. The van der Waals surface area contributed by atoms with Gasteiger partial charge >= 0.3 is 0 Å². The fourth-order valence-corrected chi connectivity index (χ4v) is 2.79. The summed E-state index contributed by atoms with van der Waals surface area (Å²) in [5.74, 6) is 1.15. The number of aliphatic hydroxyl groups is 1. The lowest BCUT2D eigenvalue weighted by atomic mass is 10.1. The molecule has 2 heterocycles. The van der Waals surface area contributed by atoms with Crippen molar-refractivity contribution in [1.82, 2.24) is 15.1 Å². The second-order valence-electron chi connectivity index (χ2n) is 6.86. The third-order valence-electron chi connectivity index (χ3n) is 3.80. The van der Waals surface area contributed by atoms with Crippen LogP contribution in [-0.2, 0) is 13.6 Å². The molecule has 114 valence electrons. The van der Waals surface area contributed by atoms with Crippen molar-refractivity contribution >= 4 is 5.82 Å². The first kappa shape index (κ1) is 15.3. The number of nitrogens with zero attached hydrogens (tertiary/aromatic N) is 3. The van der Waals surface area contributed by atoms with Gasteiger partial charge in [0.15, 0.2) is 0 Å². The van der Waals surface area contributed by atoms with Crippen molar-refractivity contribution in [3.8, 4) is 0 Å². The minimum absolute atomic E-state index is 0.0843. The first-order valence-corrected chi connectivity index (χ1v) is 7.48. The van der Waals surface area contributed by atoms with Crippen LogP contribution in [-0.4, -0.2) is 39.6 Å². The van der Waals surface area contributed by atoms with E-state index in [-0.39, 0.29) is 11.6 Å². The number of aryl methyl sites for hydroxylation is 2. The van der Waals surface area contributed by atoms with E-state index in [1.165, 1.54) is 5.56 Å². The molecule has 2 rings (SSSR count). The van der Waals surface area contributed by atoms with Gasteiger partial charge in [-0.3, -0.25) is 4.68 Å². The number of rotatable bonds is 3. The quantitative estimate of drug-likeness (QED) is 0.882. The summed E-state index contributed by atoms with van der Waals surface area (Å²) in [7, 11) is 1.99. The van der Waals surface area contributed by atoms with Crippen LogP contribution in [0.5, 0.6) is 0 Å². The minimum Gasteiger partial charge on any atom is -0.391 e. The van der Waals surface area contributed by atoms with Gasteiger partial charge in [-0.25, -0.2) is 0 Å². The summed E-state index contributed by atoms with van der Waals surface area (Å²) in [6.45, 7) is 11.1. The Morgan fingerprint density at radius 3 is 2.70 bits per heavy atom. The molecule has 2 N–H and O–H groups in total. The zero-order valence-electron chi connectivity index (χ0n) is 13.4. The van der Waals surface area contributed by atoms with E-state index in [2.05, 4.69) is 43.0 Å². The van der Waals surface area contributed by atoms with Crippen LogP contribution in [0.15, 0.2) is 0 Å². The normalized spacial score (nSPS) is 20.5. The van der Waals surface area contributed by atoms with Gasteiger partial charge in [-0.05, 0) is 40.5 Å². The Hall–Kier alpha value is -1.07. The molecule has 1 aromatic rings. The Labute approximate surface area is 122 Å². The van der Waals surface area contributed by atoms with E-state index < -0.39 is 0 Å². The van der Waals surface area contributed by atoms with Gasteiger partial charge < -0.3 is 15.3 Å². The average Bonchev–Trinajstić information content (AvgIpc) is 2.60. The Kier molecular flexibility index (Phi) is 4.39. The van der Waals surface area contributed by atoms with Crippen LogP contribution >= 0.6 is 0 Å². The zero-order valence-corrected chi connectivity index (χ0v) is 13.4. The maximum atomic E-state index is 9.90. The van der Waals surface area contributed by atoms with Gasteiger partial charge in [-0.2, -0.15) is 5.10 Å². The van der Waals surface area contributed by atoms with E-state index in [0.29, 0.717) is 6.54 Å². The van der Waals surface area contributed by atoms with Crippen molar-refractivity contribution in [2.45, 2.75) is 58.7 Å². The van der Waals surface area contributed by atoms with Crippen molar-refractivity contribution in [2.75, 3.05) is 18.0 Å². The van der Waals surface area contributed by atoms with Crippen LogP contribution < -0.4 is 10.2 Å². The third kappa shape index (κ3) is 3.52. The van der Waals surface area contributed by atoms with E-state index in [0.717, 1.165) is 37.4 Å². The highest BCUT2D eigenvalue weighted by Gasteiger charge is 2.25. The molecule has 0 radical (unpaired) electrons.